The molecule has 150 valence electrons. The number of ether oxygens (including phenoxy) is 1. The summed E-state index contributed by atoms with van der Waals surface area (Å²) in [7, 11) is -3.54. The number of nitrogens with one attached hydrogen (secondary N) is 1. The van der Waals surface area contributed by atoms with Crippen LogP contribution in [0.1, 0.15) is 24.0 Å². The van der Waals surface area contributed by atoms with Gasteiger partial charge in [0.2, 0.25) is 10.0 Å². The minimum Gasteiger partial charge on any atom is -0.484 e. The Bertz CT molecular complexity index is 900. The zero-order chi connectivity index (χ0) is 20.1. The van der Waals surface area contributed by atoms with Gasteiger partial charge >= 0.3 is 0 Å². The third-order valence-corrected chi connectivity index (χ3v) is 6.42. The molecule has 0 aliphatic carbocycles. The Morgan fingerprint density at radius 3 is 2.11 bits per heavy atom. The fraction of sp³-hybridized carbons (Fsp3) is 0.381. The normalized spacial score (nSPS) is 15.4. The molecule has 3 rings (SSSR count). The lowest BCUT2D eigenvalue weighted by Crippen LogP contribution is -2.47. The third kappa shape index (κ3) is 5.33. The van der Waals surface area contributed by atoms with Crippen LogP contribution in [0, 0.1) is 13.8 Å². The number of hydrogen-bond acceptors (Lipinski definition) is 4. The third-order valence-electron chi connectivity index (χ3n) is 4.88. The van der Waals surface area contributed by atoms with Gasteiger partial charge in [0.15, 0.2) is 6.61 Å². The highest BCUT2D eigenvalue weighted by Gasteiger charge is 2.26. The first-order valence-corrected chi connectivity index (χ1v) is 10.9. The van der Waals surface area contributed by atoms with E-state index in [2.05, 4.69) is 4.72 Å². The van der Waals surface area contributed by atoms with E-state index in [-0.39, 0.29) is 23.5 Å². The van der Waals surface area contributed by atoms with E-state index in [0.717, 1.165) is 11.1 Å². The van der Waals surface area contributed by atoms with Crippen molar-refractivity contribution in [1.29, 1.82) is 0 Å². The molecule has 1 N–H and O–H groups in total. The van der Waals surface area contributed by atoms with Gasteiger partial charge in [0.05, 0.1) is 4.90 Å². The van der Waals surface area contributed by atoms with Gasteiger partial charge in [0.25, 0.3) is 5.91 Å². The van der Waals surface area contributed by atoms with E-state index in [1.165, 1.54) is 0 Å². The number of benzene rings is 2. The first-order chi connectivity index (χ1) is 13.3. The fourth-order valence-corrected chi connectivity index (χ4v) is 4.43. The summed E-state index contributed by atoms with van der Waals surface area (Å²) < 4.78 is 33.3. The summed E-state index contributed by atoms with van der Waals surface area (Å²) in [5, 5.41) is 0. The summed E-state index contributed by atoms with van der Waals surface area (Å²) in [5.41, 5.74) is 2.15. The molecule has 0 bridgehead atoms. The lowest BCUT2D eigenvalue weighted by atomic mass is 10.1. The molecule has 6 nitrogen and oxygen atoms in total. The standard InChI is InChI=1S/C21H26N2O4S/c1-16-3-7-19(8-4-16)27-15-21(24)23-13-11-18(12-14-23)22-28(25,26)20-9-5-17(2)6-10-20/h3-10,18,22H,11-15H2,1-2H3. The van der Waals surface area contributed by atoms with E-state index in [1.54, 1.807) is 29.2 Å². The van der Waals surface area contributed by atoms with Gasteiger partial charge in [-0.3, -0.25) is 4.79 Å². The predicted molar refractivity (Wildman–Crippen MR) is 108 cm³/mol. The van der Waals surface area contributed by atoms with Gasteiger partial charge in [-0.05, 0) is 51.0 Å². The van der Waals surface area contributed by atoms with Crippen LogP contribution in [0.3, 0.4) is 0 Å². The van der Waals surface area contributed by atoms with Crippen LogP contribution in [0.4, 0.5) is 0 Å². The van der Waals surface area contributed by atoms with Crippen LogP contribution in [0.2, 0.25) is 0 Å². The van der Waals surface area contributed by atoms with Crippen molar-refractivity contribution in [3.8, 4) is 5.75 Å². The molecule has 28 heavy (non-hydrogen) atoms. The quantitative estimate of drug-likeness (QED) is 0.806. The zero-order valence-corrected chi connectivity index (χ0v) is 17.0. The number of amides is 1. The monoisotopic (exact) mass is 402 g/mol. The van der Waals surface area contributed by atoms with E-state index < -0.39 is 10.0 Å². The number of piperidine rings is 1. The Hall–Kier alpha value is -2.38. The highest BCUT2D eigenvalue weighted by Crippen LogP contribution is 2.17. The average Bonchev–Trinajstić information content (AvgIpc) is 2.68. The number of carbonyl (C=O) groups excluding carboxylic acids is 1. The molecule has 2 aromatic carbocycles. The molecule has 0 radical (unpaired) electrons. The van der Waals surface area contributed by atoms with Gasteiger partial charge in [0, 0.05) is 19.1 Å². The number of aryl methyl sites for hydroxylation is 2. The summed E-state index contributed by atoms with van der Waals surface area (Å²) >= 11 is 0. The molecule has 0 unspecified atom stereocenters. The van der Waals surface area contributed by atoms with Crippen LogP contribution in [0.5, 0.6) is 5.75 Å². The molecular weight excluding hydrogens is 376 g/mol. The molecule has 1 saturated heterocycles. The van der Waals surface area contributed by atoms with Crippen molar-refractivity contribution in [3.05, 3.63) is 59.7 Å². The molecule has 0 atom stereocenters. The van der Waals surface area contributed by atoms with E-state index in [0.29, 0.717) is 31.7 Å². The number of hydrogen-bond donors (Lipinski definition) is 1. The summed E-state index contributed by atoms with van der Waals surface area (Å²) in [6.07, 6.45) is 1.17. The van der Waals surface area contributed by atoms with Gasteiger partial charge < -0.3 is 9.64 Å². The second-order valence-corrected chi connectivity index (χ2v) is 8.91. The molecule has 2 aromatic rings. The number of nitrogens with zero attached hydrogens (tertiary/aromatic N) is 1. The van der Waals surface area contributed by atoms with Crippen molar-refractivity contribution in [3.63, 3.8) is 0 Å². The van der Waals surface area contributed by atoms with Gasteiger partial charge in [-0.15, -0.1) is 0 Å². The summed E-state index contributed by atoms with van der Waals surface area (Å²) in [4.78, 5) is 14.3. The van der Waals surface area contributed by atoms with Crippen molar-refractivity contribution < 1.29 is 17.9 Å². The molecule has 1 aliphatic heterocycles. The topological polar surface area (TPSA) is 75.7 Å². The van der Waals surface area contributed by atoms with Gasteiger partial charge in [-0.1, -0.05) is 35.4 Å². The maximum Gasteiger partial charge on any atom is 0.260 e. The number of rotatable bonds is 6. The highest BCUT2D eigenvalue weighted by molar-refractivity contribution is 7.89. The highest BCUT2D eigenvalue weighted by atomic mass is 32.2. The first-order valence-electron chi connectivity index (χ1n) is 9.40. The summed E-state index contributed by atoms with van der Waals surface area (Å²) in [5.74, 6) is 0.583. The Morgan fingerprint density at radius 2 is 1.54 bits per heavy atom. The lowest BCUT2D eigenvalue weighted by Gasteiger charge is -2.32. The van der Waals surface area contributed by atoms with E-state index in [4.69, 9.17) is 4.74 Å². The fourth-order valence-electron chi connectivity index (χ4n) is 3.12. The van der Waals surface area contributed by atoms with Gasteiger partial charge in [0.1, 0.15) is 5.75 Å². The minimum absolute atomic E-state index is 0.0111. The zero-order valence-electron chi connectivity index (χ0n) is 16.2. The Labute approximate surface area is 166 Å². The van der Waals surface area contributed by atoms with E-state index in [9.17, 15) is 13.2 Å². The Morgan fingerprint density at radius 1 is 1.00 bits per heavy atom. The first kappa shape index (κ1) is 20.4. The maximum absolute atomic E-state index is 12.5. The number of carbonyl (C=O) groups is 1. The minimum atomic E-state index is -3.54. The van der Waals surface area contributed by atoms with Crippen molar-refractivity contribution in [1.82, 2.24) is 9.62 Å². The molecule has 0 spiro atoms. The molecule has 1 amide bonds. The van der Waals surface area contributed by atoms with Crippen molar-refractivity contribution >= 4 is 15.9 Å². The summed E-state index contributed by atoms with van der Waals surface area (Å²) in [6.45, 7) is 4.92. The Kier molecular flexibility index (Phi) is 6.36. The van der Waals surface area contributed by atoms with Crippen LogP contribution >= 0.6 is 0 Å². The van der Waals surface area contributed by atoms with E-state index in [1.807, 2.05) is 38.1 Å². The molecule has 0 aromatic heterocycles. The number of likely N-dealkylation sites (tertiary alicyclic amines) is 1. The average molecular weight is 403 g/mol. The lowest BCUT2D eigenvalue weighted by molar-refractivity contribution is -0.134. The molecular formula is C21H26N2O4S. The van der Waals surface area contributed by atoms with E-state index >= 15 is 0 Å². The van der Waals surface area contributed by atoms with Crippen LogP contribution in [-0.4, -0.2) is 45.0 Å². The van der Waals surface area contributed by atoms with Crippen LogP contribution in [0.25, 0.3) is 0 Å². The number of sulfonamides is 1. The Balaban J connectivity index is 1.47. The maximum atomic E-state index is 12.5. The molecule has 1 aliphatic rings. The smallest absolute Gasteiger partial charge is 0.260 e. The van der Waals surface area contributed by atoms with Crippen LogP contribution in [-0.2, 0) is 14.8 Å². The van der Waals surface area contributed by atoms with Crippen LogP contribution < -0.4 is 9.46 Å². The molecule has 1 heterocycles. The molecule has 1 fully saturated rings. The SMILES string of the molecule is Cc1ccc(OCC(=O)N2CCC(NS(=O)(=O)c3ccc(C)cc3)CC2)cc1. The van der Waals surface area contributed by atoms with Crippen molar-refractivity contribution in [2.75, 3.05) is 19.7 Å². The van der Waals surface area contributed by atoms with Crippen LogP contribution in [0.15, 0.2) is 53.4 Å². The van der Waals surface area contributed by atoms with Crippen molar-refractivity contribution in [2.45, 2.75) is 37.6 Å². The molecule has 0 saturated carbocycles. The van der Waals surface area contributed by atoms with Crippen molar-refractivity contribution in [2.24, 2.45) is 0 Å². The largest absolute Gasteiger partial charge is 0.484 e. The van der Waals surface area contributed by atoms with Gasteiger partial charge in [-0.2, -0.15) is 0 Å². The second kappa shape index (κ2) is 8.75. The summed E-state index contributed by atoms with van der Waals surface area (Å²) in [6, 6.07) is 14.2. The second-order valence-electron chi connectivity index (χ2n) is 7.19. The predicted octanol–water partition coefficient (Wildman–Crippen LogP) is 2.65. The molecule has 7 heteroatoms. The van der Waals surface area contributed by atoms with Gasteiger partial charge in [-0.25, -0.2) is 13.1 Å².